The van der Waals surface area contributed by atoms with Crippen LogP contribution >= 0.6 is 11.6 Å². The van der Waals surface area contributed by atoms with Crippen molar-refractivity contribution in [2.45, 2.75) is 39.1 Å². The second-order valence-corrected chi connectivity index (χ2v) is 11.2. The van der Waals surface area contributed by atoms with E-state index < -0.39 is 18.1 Å². The smallest absolute Gasteiger partial charge is 0.326 e. The summed E-state index contributed by atoms with van der Waals surface area (Å²) in [4.78, 5) is 15.8. The third-order valence-corrected chi connectivity index (χ3v) is 7.90. The Balaban J connectivity index is 1.39. The monoisotopic (exact) mass is 629 g/mol. The molecule has 3 aromatic carbocycles. The molecule has 5 rings (SSSR count). The van der Waals surface area contributed by atoms with Gasteiger partial charge in [0.2, 0.25) is 0 Å². The molecule has 3 N–H and O–H groups in total. The Morgan fingerprint density at radius 1 is 1.04 bits per heavy atom. The molecule has 1 aliphatic rings. The van der Waals surface area contributed by atoms with E-state index in [-0.39, 0.29) is 19.8 Å². The van der Waals surface area contributed by atoms with Gasteiger partial charge in [0.05, 0.1) is 17.2 Å². The summed E-state index contributed by atoms with van der Waals surface area (Å²) >= 11 is 6.87. The summed E-state index contributed by atoms with van der Waals surface area (Å²) < 4.78 is 23.8. The highest BCUT2D eigenvalue weighted by Gasteiger charge is 2.32. The maximum Gasteiger partial charge on any atom is 0.326 e. The van der Waals surface area contributed by atoms with Gasteiger partial charge in [-0.15, -0.1) is 0 Å². The number of benzene rings is 3. The molecule has 0 fully saturated rings. The Hall–Kier alpha value is -4.82. The van der Waals surface area contributed by atoms with Crippen molar-refractivity contribution in [3.63, 3.8) is 0 Å². The van der Waals surface area contributed by atoms with Gasteiger partial charge in [0.25, 0.3) is 0 Å². The Morgan fingerprint density at radius 2 is 1.82 bits per heavy atom. The summed E-state index contributed by atoms with van der Waals surface area (Å²) in [6, 6.07) is 18.8. The summed E-state index contributed by atoms with van der Waals surface area (Å²) in [6.07, 6.45) is 3.07. The lowest BCUT2D eigenvalue weighted by Crippen LogP contribution is -2.52. The first-order valence-electron chi connectivity index (χ1n) is 14.2. The molecular formula is C34H32ClN3O7. The fraction of sp³-hybridized carbons (Fsp3) is 0.265. The standard InChI is InChI=1S/C34H32ClN3O7/c1-21-10-26(17-38-34(2,20-39)33(40)41)30(44-18-23-11-22(14-36)15-37-16-23)13-29(21)45-19-25-4-3-5-27(32(25)35)24-6-7-28-31(12-24)43-9-8-42-28/h3-7,10-13,15-16,38-39H,8-9,17-20H2,1-2H3,(H,40,41). The van der Waals surface area contributed by atoms with Gasteiger partial charge in [0.1, 0.15) is 49.5 Å². The molecule has 1 aliphatic heterocycles. The molecule has 0 spiro atoms. The molecule has 2 heterocycles. The minimum atomic E-state index is -1.55. The van der Waals surface area contributed by atoms with E-state index in [0.717, 1.165) is 22.3 Å². The molecule has 0 saturated carbocycles. The number of aliphatic hydroxyl groups is 1. The number of nitrogens with zero attached hydrogens (tertiary/aromatic N) is 2. The average Bonchev–Trinajstić information content (AvgIpc) is 3.06. The summed E-state index contributed by atoms with van der Waals surface area (Å²) in [5.74, 6) is 1.17. The minimum absolute atomic E-state index is 0.0969. The molecule has 10 nitrogen and oxygen atoms in total. The van der Waals surface area contributed by atoms with E-state index in [1.807, 2.05) is 49.4 Å². The van der Waals surface area contributed by atoms with Crippen molar-refractivity contribution in [1.82, 2.24) is 10.3 Å². The Bertz CT molecular complexity index is 1760. The number of aromatic nitrogens is 1. The topological polar surface area (TPSA) is 143 Å². The molecule has 11 heteroatoms. The predicted molar refractivity (Wildman–Crippen MR) is 167 cm³/mol. The SMILES string of the molecule is Cc1cc(CNC(C)(CO)C(=O)O)c(OCc2cncc(C#N)c2)cc1OCc1cccc(-c2ccc3c(c2)OCCO3)c1Cl. The summed E-state index contributed by atoms with van der Waals surface area (Å²) in [6.45, 7) is 4.06. The molecule has 0 saturated heterocycles. The molecule has 1 aromatic heterocycles. The first kappa shape index (κ1) is 31.6. The second-order valence-electron chi connectivity index (χ2n) is 10.8. The molecule has 1 unspecified atom stereocenters. The van der Waals surface area contributed by atoms with Gasteiger partial charge in [-0.25, -0.2) is 0 Å². The fourth-order valence-electron chi connectivity index (χ4n) is 4.72. The molecule has 0 bridgehead atoms. The zero-order valence-electron chi connectivity index (χ0n) is 24.8. The number of hydrogen-bond acceptors (Lipinski definition) is 9. The maximum absolute atomic E-state index is 11.7. The number of rotatable bonds is 12. The lowest BCUT2D eigenvalue weighted by Gasteiger charge is -2.25. The van der Waals surface area contributed by atoms with Crippen LogP contribution in [0.3, 0.4) is 0 Å². The van der Waals surface area contributed by atoms with Crippen LogP contribution in [0.5, 0.6) is 23.0 Å². The number of nitrogens with one attached hydrogen (secondary N) is 1. The Labute approximate surface area is 265 Å². The van der Waals surface area contributed by atoms with E-state index in [1.165, 1.54) is 13.1 Å². The van der Waals surface area contributed by atoms with Crippen molar-refractivity contribution in [3.05, 3.63) is 99.8 Å². The zero-order chi connectivity index (χ0) is 32.0. The van der Waals surface area contributed by atoms with Crippen molar-refractivity contribution in [3.8, 4) is 40.2 Å². The van der Waals surface area contributed by atoms with Crippen LogP contribution in [-0.4, -0.2) is 46.5 Å². The third-order valence-electron chi connectivity index (χ3n) is 7.45. The largest absolute Gasteiger partial charge is 0.488 e. The molecule has 0 radical (unpaired) electrons. The lowest BCUT2D eigenvalue weighted by atomic mass is 10.0. The summed E-state index contributed by atoms with van der Waals surface area (Å²) in [7, 11) is 0. The van der Waals surface area contributed by atoms with E-state index in [4.69, 9.17) is 30.5 Å². The number of carboxylic acid groups (broad SMARTS) is 1. The van der Waals surface area contributed by atoms with Crippen molar-refractivity contribution >= 4 is 17.6 Å². The summed E-state index contributed by atoms with van der Waals surface area (Å²) in [5, 5.41) is 32.0. The quantitative estimate of drug-likeness (QED) is 0.185. The first-order chi connectivity index (χ1) is 21.7. The van der Waals surface area contributed by atoms with Crippen LogP contribution < -0.4 is 24.3 Å². The number of aliphatic carboxylic acids is 1. The number of halogens is 1. The molecule has 0 aliphatic carbocycles. The number of fused-ring (bicyclic) bond motifs is 1. The van der Waals surface area contributed by atoms with Gasteiger partial charge in [-0.2, -0.15) is 5.26 Å². The number of hydrogen-bond donors (Lipinski definition) is 3. The van der Waals surface area contributed by atoms with Crippen molar-refractivity contribution in [2.75, 3.05) is 19.8 Å². The van der Waals surface area contributed by atoms with Crippen LogP contribution in [0.2, 0.25) is 5.02 Å². The average molecular weight is 630 g/mol. The van der Waals surface area contributed by atoms with Gasteiger partial charge in [-0.05, 0) is 49.2 Å². The van der Waals surface area contributed by atoms with Crippen LogP contribution in [0.1, 0.15) is 34.7 Å². The van der Waals surface area contributed by atoms with Gasteiger partial charge in [0.15, 0.2) is 11.5 Å². The van der Waals surface area contributed by atoms with Gasteiger partial charge < -0.3 is 29.2 Å². The molecule has 4 aromatic rings. The third kappa shape index (κ3) is 7.29. The molecule has 45 heavy (non-hydrogen) atoms. The Kier molecular flexibility index (Phi) is 9.74. The highest BCUT2D eigenvalue weighted by molar-refractivity contribution is 6.34. The molecular weight excluding hydrogens is 598 g/mol. The van der Waals surface area contributed by atoms with Crippen LogP contribution in [0.4, 0.5) is 0 Å². The number of pyridine rings is 1. The highest BCUT2D eigenvalue weighted by atomic mass is 35.5. The van der Waals surface area contributed by atoms with Crippen LogP contribution in [0, 0.1) is 18.3 Å². The van der Waals surface area contributed by atoms with E-state index >= 15 is 0 Å². The van der Waals surface area contributed by atoms with E-state index in [1.54, 1.807) is 18.3 Å². The molecule has 0 amide bonds. The van der Waals surface area contributed by atoms with Crippen molar-refractivity contribution < 1.29 is 34.0 Å². The van der Waals surface area contributed by atoms with Crippen LogP contribution in [0.25, 0.3) is 11.1 Å². The van der Waals surface area contributed by atoms with Gasteiger partial charge in [0, 0.05) is 47.3 Å². The lowest BCUT2D eigenvalue weighted by molar-refractivity contribution is -0.145. The number of ether oxygens (including phenoxy) is 4. The van der Waals surface area contributed by atoms with Gasteiger partial charge >= 0.3 is 5.97 Å². The van der Waals surface area contributed by atoms with Crippen molar-refractivity contribution in [2.24, 2.45) is 0 Å². The van der Waals surface area contributed by atoms with Crippen molar-refractivity contribution in [1.29, 1.82) is 5.26 Å². The summed E-state index contributed by atoms with van der Waals surface area (Å²) in [5.41, 5.74) is 3.47. The van der Waals surface area contributed by atoms with Gasteiger partial charge in [-0.3, -0.25) is 15.1 Å². The normalized spacial score (nSPS) is 13.4. The zero-order valence-corrected chi connectivity index (χ0v) is 25.6. The fourth-order valence-corrected chi connectivity index (χ4v) is 5.01. The molecule has 232 valence electrons. The van der Waals surface area contributed by atoms with E-state index in [2.05, 4.69) is 16.4 Å². The number of aliphatic hydroxyl groups excluding tert-OH is 1. The first-order valence-corrected chi connectivity index (χ1v) is 14.6. The predicted octanol–water partition coefficient (Wildman–Crippen LogP) is 5.44. The minimum Gasteiger partial charge on any atom is -0.488 e. The van der Waals surface area contributed by atoms with Crippen LogP contribution in [-0.2, 0) is 24.6 Å². The number of aryl methyl sites for hydroxylation is 1. The number of carbonyl (C=O) groups is 1. The maximum atomic E-state index is 11.7. The van der Waals surface area contributed by atoms with Crippen LogP contribution in [0.15, 0.2) is 67.0 Å². The number of nitriles is 1. The van der Waals surface area contributed by atoms with E-state index in [9.17, 15) is 20.3 Å². The highest BCUT2D eigenvalue weighted by Crippen LogP contribution is 2.38. The van der Waals surface area contributed by atoms with E-state index in [0.29, 0.717) is 57.9 Å². The Morgan fingerprint density at radius 3 is 2.58 bits per heavy atom. The van der Waals surface area contributed by atoms with Gasteiger partial charge in [-0.1, -0.05) is 35.9 Å². The molecule has 1 atom stereocenters. The second kappa shape index (κ2) is 13.9. The number of carboxylic acids is 1.